The Morgan fingerprint density at radius 3 is 1.90 bits per heavy atom. The van der Waals surface area contributed by atoms with Crippen LogP contribution < -0.4 is 4.74 Å². The van der Waals surface area contributed by atoms with E-state index in [1.54, 1.807) is 31.2 Å². The lowest BCUT2D eigenvalue weighted by Crippen LogP contribution is -2.07. The second-order valence-corrected chi connectivity index (χ2v) is 4.10. The summed E-state index contributed by atoms with van der Waals surface area (Å²) < 4.78 is 4.94. The van der Waals surface area contributed by atoms with Gasteiger partial charge in [0, 0.05) is 5.57 Å². The van der Waals surface area contributed by atoms with E-state index < -0.39 is 0 Å². The van der Waals surface area contributed by atoms with Crippen LogP contribution in [-0.4, -0.2) is 5.97 Å². The maximum absolute atomic E-state index is 11.0. The lowest BCUT2D eigenvalue weighted by atomic mass is 10.2. The third-order valence-electron chi connectivity index (χ3n) is 2.34. The fourth-order valence-electron chi connectivity index (χ4n) is 1.27. The highest BCUT2D eigenvalue weighted by atomic mass is 16.5. The Balaban J connectivity index is 0.000000217. The van der Waals surface area contributed by atoms with Crippen molar-refractivity contribution in [2.75, 3.05) is 0 Å². The standard InChI is InChI=1S/C10H10O2.C8H8/c1-8(2)10(11)12-9-6-4-3-5-7-9;1-2-8-6-4-3-5-7-8/h3-7H,1H2,2H3;2-7H,1H2. The summed E-state index contributed by atoms with van der Waals surface area (Å²) in [6, 6.07) is 18.9. The van der Waals surface area contributed by atoms with Crippen LogP contribution in [0.5, 0.6) is 5.75 Å². The highest BCUT2D eigenvalue weighted by molar-refractivity contribution is 5.88. The lowest BCUT2D eigenvalue weighted by molar-refractivity contribution is -0.130. The Kier molecular flexibility index (Phi) is 6.55. The summed E-state index contributed by atoms with van der Waals surface area (Å²) in [5.74, 6) is 0.159. The van der Waals surface area contributed by atoms with Crippen LogP contribution in [0.15, 0.2) is 79.4 Å². The van der Waals surface area contributed by atoms with Gasteiger partial charge >= 0.3 is 5.97 Å². The van der Waals surface area contributed by atoms with E-state index in [4.69, 9.17) is 4.74 Å². The van der Waals surface area contributed by atoms with Crippen molar-refractivity contribution in [3.63, 3.8) is 0 Å². The molecule has 0 aliphatic carbocycles. The van der Waals surface area contributed by atoms with Crippen LogP contribution >= 0.6 is 0 Å². The van der Waals surface area contributed by atoms with Crippen molar-refractivity contribution < 1.29 is 9.53 Å². The highest BCUT2D eigenvalue weighted by Crippen LogP contribution is 2.09. The summed E-state index contributed by atoms with van der Waals surface area (Å²) in [4.78, 5) is 11.0. The zero-order chi connectivity index (χ0) is 14.8. The molecule has 0 aliphatic rings. The zero-order valence-electron chi connectivity index (χ0n) is 11.6. The molecule has 2 heteroatoms. The minimum absolute atomic E-state index is 0.388. The largest absolute Gasteiger partial charge is 0.423 e. The van der Waals surface area contributed by atoms with E-state index in [1.165, 1.54) is 5.56 Å². The molecule has 0 saturated heterocycles. The predicted molar refractivity (Wildman–Crippen MR) is 83.4 cm³/mol. The van der Waals surface area contributed by atoms with Gasteiger partial charge in [0.25, 0.3) is 0 Å². The Morgan fingerprint density at radius 2 is 1.50 bits per heavy atom. The molecule has 0 radical (unpaired) electrons. The first-order valence-corrected chi connectivity index (χ1v) is 6.23. The van der Waals surface area contributed by atoms with E-state index >= 15 is 0 Å². The molecule has 0 aliphatic heterocycles. The molecule has 0 N–H and O–H groups in total. The molecule has 0 aromatic heterocycles. The number of ether oxygens (including phenoxy) is 1. The average Bonchev–Trinajstić information content (AvgIpc) is 2.49. The minimum atomic E-state index is -0.388. The third-order valence-corrected chi connectivity index (χ3v) is 2.34. The first-order chi connectivity index (χ1) is 9.63. The van der Waals surface area contributed by atoms with Gasteiger partial charge in [-0.1, -0.05) is 67.8 Å². The van der Waals surface area contributed by atoms with Gasteiger partial charge in [-0.2, -0.15) is 0 Å². The molecule has 0 spiro atoms. The molecule has 0 bridgehead atoms. The van der Waals surface area contributed by atoms with E-state index in [1.807, 2.05) is 42.5 Å². The van der Waals surface area contributed by atoms with Crippen LogP contribution in [0.4, 0.5) is 0 Å². The van der Waals surface area contributed by atoms with Gasteiger partial charge in [-0.15, -0.1) is 0 Å². The van der Waals surface area contributed by atoms with Gasteiger partial charge in [0.15, 0.2) is 0 Å². The summed E-state index contributed by atoms with van der Waals surface area (Å²) in [6.07, 6.45) is 1.83. The number of esters is 1. The van der Waals surface area contributed by atoms with Crippen molar-refractivity contribution in [2.45, 2.75) is 6.92 Å². The van der Waals surface area contributed by atoms with Crippen molar-refractivity contribution in [3.8, 4) is 5.75 Å². The van der Waals surface area contributed by atoms with Crippen LogP contribution in [0.2, 0.25) is 0 Å². The number of rotatable bonds is 3. The van der Waals surface area contributed by atoms with Crippen LogP contribution in [0.1, 0.15) is 12.5 Å². The van der Waals surface area contributed by atoms with Crippen molar-refractivity contribution in [1.29, 1.82) is 0 Å². The maximum atomic E-state index is 11.0. The number of hydrogen-bond acceptors (Lipinski definition) is 2. The molecule has 2 rings (SSSR count). The third kappa shape index (κ3) is 5.83. The number of hydrogen-bond donors (Lipinski definition) is 0. The molecular weight excluding hydrogens is 248 g/mol. The Morgan fingerprint density at radius 1 is 1.00 bits per heavy atom. The van der Waals surface area contributed by atoms with E-state index in [-0.39, 0.29) is 5.97 Å². The van der Waals surface area contributed by atoms with Gasteiger partial charge in [-0.05, 0) is 24.6 Å². The van der Waals surface area contributed by atoms with E-state index in [0.717, 1.165) is 0 Å². The minimum Gasteiger partial charge on any atom is -0.423 e. The van der Waals surface area contributed by atoms with Gasteiger partial charge in [-0.25, -0.2) is 4.79 Å². The quantitative estimate of drug-likeness (QED) is 0.464. The number of para-hydroxylation sites is 1. The van der Waals surface area contributed by atoms with Crippen molar-refractivity contribution in [3.05, 3.63) is 85.0 Å². The molecule has 0 amide bonds. The van der Waals surface area contributed by atoms with Gasteiger partial charge < -0.3 is 4.74 Å². The van der Waals surface area contributed by atoms with Gasteiger partial charge in [-0.3, -0.25) is 0 Å². The number of benzene rings is 2. The summed E-state index contributed by atoms with van der Waals surface area (Å²) in [6.45, 7) is 8.72. The topological polar surface area (TPSA) is 26.3 Å². The SMILES string of the molecule is C=C(C)C(=O)Oc1ccccc1.C=Cc1ccccc1. The molecule has 20 heavy (non-hydrogen) atoms. The molecule has 2 aromatic carbocycles. The normalized spacial score (nSPS) is 8.85. The first kappa shape index (κ1) is 15.4. The average molecular weight is 266 g/mol. The monoisotopic (exact) mass is 266 g/mol. The lowest BCUT2D eigenvalue weighted by Gasteiger charge is -2.01. The smallest absolute Gasteiger partial charge is 0.338 e. The fraction of sp³-hybridized carbons (Fsp3) is 0.0556. The molecule has 0 atom stereocenters. The van der Waals surface area contributed by atoms with Crippen molar-refractivity contribution >= 4 is 12.0 Å². The van der Waals surface area contributed by atoms with E-state index in [9.17, 15) is 4.79 Å². The maximum Gasteiger partial charge on any atom is 0.338 e. The molecule has 0 fully saturated rings. The van der Waals surface area contributed by atoms with Crippen LogP contribution in [0.25, 0.3) is 6.08 Å². The molecule has 0 unspecified atom stereocenters. The van der Waals surface area contributed by atoms with Crippen molar-refractivity contribution in [2.24, 2.45) is 0 Å². The van der Waals surface area contributed by atoms with Crippen LogP contribution in [0, 0.1) is 0 Å². The molecule has 102 valence electrons. The fourth-order valence-corrected chi connectivity index (χ4v) is 1.27. The summed E-state index contributed by atoms with van der Waals surface area (Å²) in [7, 11) is 0. The molecular formula is C18H18O2. The highest BCUT2D eigenvalue weighted by Gasteiger charge is 2.03. The summed E-state index contributed by atoms with van der Waals surface area (Å²) >= 11 is 0. The van der Waals surface area contributed by atoms with E-state index in [2.05, 4.69) is 13.2 Å². The van der Waals surface area contributed by atoms with Gasteiger partial charge in [0.2, 0.25) is 0 Å². The Hall–Kier alpha value is -2.61. The molecule has 0 heterocycles. The predicted octanol–water partition coefficient (Wildman–Crippen LogP) is 4.50. The van der Waals surface area contributed by atoms with Crippen molar-refractivity contribution in [1.82, 2.24) is 0 Å². The Labute approximate surface area is 120 Å². The second-order valence-electron chi connectivity index (χ2n) is 4.10. The molecule has 2 aromatic rings. The molecule has 2 nitrogen and oxygen atoms in total. The molecule has 0 saturated carbocycles. The van der Waals surface area contributed by atoms with Gasteiger partial charge in [0.1, 0.15) is 5.75 Å². The van der Waals surface area contributed by atoms with Crippen LogP contribution in [-0.2, 0) is 4.79 Å². The zero-order valence-corrected chi connectivity index (χ0v) is 11.6. The van der Waals surface area contributed by atoms with Crippen LogP contribution in [0.3, 0.4) is 0 Å². The van der Waals surface area contributed by atoms with Gasteiger partial charge in [0.05, 0.1) is 0 Å². The second kappa shape index (κ2) is 8.48. The Bertz CT molecular complexity index is 556. The summed E-state index contributed by atoms with van der Waals surface area (Å²) in [5.41, 5.74) is 1.58. The van der Waals surface area contributed by atoms with E-state index in [0.29, 0.717) is 11.3 Å². The number of carbonyl (C=O) groups excluding carboxylic acids is 1. The first-order valence-electron chi connectivity index (χ1n) is 6.23. The summed E-state index contributed by atoms with van der Waals surface area (Å²) in [5, 5.41) is 0. The number of carbonyl (C=O) groups is 1.